The lowest BCUT2D eigenvalue weighted by atomic mass is 10.1. The number of hydrogen-bond acceptors (Lipinski definition) is 3. The van der Waals surface area contributed by atoms with E-state index in [-0.39, 0.29) is 0 Å². The Balaban J connectivity index is 2.68. The molecule has 1 heterocycles. The summed E-state index contributed by atoms with van der Waals surface area (Å²) in [7, 11) is 0. The molecule has 3 nitrogen and oxygen atoms in total. The molecule has 0 bridgehead atoms. The zero-order valence-electron chi connectivity index (χ0n) is 7.40. The number of aliphatic hydroxyl groups is 2. The molecular formula is C9H11BrFNO2. The second kappa shape index (κ2) is 5.38. The van der Waals surface area contributed by atoms with Gasteiger partial charge in [-0.2, -0.15) is 4.39 Å². The second-order valence-electron chi connectivity index (χ2n) is 2.90. The van der Waals surface area contributed by atoms with Crippen LogP contribution in [0.25, 0.3) is 0 Å². The molecule has 2 atom stereocenters. The molecule has 14 heavy (non-hydrogen) atoms. The summed E-state index contributed by atoms with van der Waals surface area (Å²) in [5, 5.41) is 19.6. The van der Waals surface area contributed by atoms with Crippen LogP contribution in [0.1, 0.15) is 18.1 Å². The summed E-state index contributed by atoms with van der Waals surface area (Å²) < 4.78 is 12.4. The highest BCUT2D eigenvalue weighted by Gasteiger charge is 2.17. The third kappa shape index (κ3) is 3.01. The number of pyridine rings is 1. The Kier molecular flexibility index (Phi) is 4.44. The fraction of sp³-hybridized carbons (Fsp3) is 0.444. The number of halogens is 2. The monoisotopic (exact) mass is 263 g/mol. The van der Waals surface area contributed by atoms with Crippen LogP contribution in [-0.2, 0) is 0 Å². The Morgan fingerprint density at radius 2 is 2.14 bits per heavy atom. The van der Waals surface area contributed by atoms with Crippen LogP contribution in [0.2, 0.25) is 0 Å². The van der Waals surface area contributed by atoms with Crippen LogP contribution in [0.5, 0.6) is 0 Å². The zero-order valence-corrected chi connectivity index (χ0v) is 8.98. The van der Waals surface area contributed by atoms with Crippen molar-refractivity contribution in [2.24, 2.45) is 0 Å². The van der Waals surface area contributed by atoms with Gasteiger partial charge in [0.1, 0.15) is 6.10 Å². The van der Waals surface area contributed by atoms with Gasteiger partial charge in [0.2, 0.25) is 5.95 Å². The zero-order chi connectivity index (χ0) is 10.6. The minimum atomic E-state index is -1.01. The van der Waals surface area contributed by atoms with Gasteiger partial charge in [-0.25, -0.2) is 4.98 Å². The quantitative estimate of drug-likeness (QED) is 0.638. The minimum Gasteiger partial charge on any atom is -0.390 e. The molecule has 0 aliphatic rings. The van der Waals surface area contributed by atoms with E-state index in [1.165, 1.54) is 12.3 Å². The van der Waals surface area contributed by atoms with Gasteiger partial charge in [0.05, 0.1) is 6.10 Å². The lowest BCUT2D eigenvalue weighted by Gasteiger charge is -2.16. The normalized spacial score (nSPS) is 15.1. The minimum absolute atomic E-state index is 0.417. The standard InChI is InChI=1S/C9H11BrFNO2/c10-4-3-7(13)9(14)6-1-2-8(11)12-5-6/h1-2,5,7,9,13-14H,3-4H2. The van der Waals surface area contributed by atoms with Gasteiger partial charge in [-0.15, -0.1) is 0 Å². The molecule has 1 aromatic heterocycles. The molecule has 0 spiro atoms. The van der Waals surface area contributed by atoms with Crippen molar-refractivity contribution in [3.05, 3.63) is 29.8 Å². The van der Waals surface area contributed by atoms with E-state index in [2.05, 4.69) is 20.9 Å². The van der Waals surface area contributed by atoms with E-state index in [9.17, 15) is 14.6 Å². The maximum absolute atomic E-state index is 12.4. The van der Waals surface area contributed by atoms with Crippen molar-refractivity contribution in [3.63, 3.8) is 0 Å². The van der Waals surface area contributed by atoms with Gasteiger partial charge in [0.15, 0.2) is 0 Å². The van der Waals surface area contributed by atoms with Crippen LogP contribution in [0.4, 0.5) is 4.39 Å². The molecule has 1 aromatic rings. The number of aromatic nitrogens is 1. The van der Waals surface area contributed by atoms with Crippen molar-refractivity contribution in [3.8, 4) is 0 Å². The fourth-order valence-corrected chi connectivity index (χ4v) is 1.52. The van der Waals surface area contributed by atoms with E-state index >= 15 is 0 Å². The Bertz CT molecular complexity index is 281. The lowest BCUT2D eigenvalue weighted by molar-refractivity contribution is 0.0171. The van der Waals surface area contributed by atoms with Gasteiger partial charge < -0.3 is 10.2 Å². The van der Waals surface area contributed by atoms with Gasteiger partial charge in [0.25, 0.3) is 0 Å². The number of hydrogen-bond donors (Lipinski definition) is 2. The van der Waals surface area contributed by atoms with Crippen LogP contribution in [0.3, 0.4) is 0 Å². The van der Waals surface area contributed by atoms with Gasteiger partial charge in [-0.1, -0.05) is 22.0 Å². The molecule has 5 heteroatoms. The summed E-state index contributed by atoms with van der Waals surface area (Å²) in [6, 6.07) is 2.56. The number of nitrogens with zero attached hydrogens (tertiary/aromatic N) is 1. The Morgan fingerprint density at radius 3 is 2.64 bits per heavy atom. The van der Waals surface area contributed by atoms with Crippen molar-refractivity contribution in [1.29, 1.82) is 0 Å². The summed E-state index contributed by atoms with van der Waals surface area (Å²) in [6.45, 7) is 0. The third-order valence-corrected chi connectivity index (χ3v) is 2.32. The molecule has 0 radical (unpaired) electrons. The average Bonchev–Trinajstić information content (AvgIpc) is 2.18. The van der Waals surface area contributed by atoms with E-state index in [1.807, 2.05) is 0 Å². The molecule has 0 saturated heterocycles. The van der Waals surface area contributed by atoms with Crippen LogP contribution in [0, 0.1) is 5.95 Å². The van der Waals surface area contributed by atoms with E-state index in [1.54, 1.807) is 0 Å². The van der Waals surface area contributed by atoms with Crippen molar-refractivity contribution in [1.82, 2.24) is 4.98 Å². The summed E-state index contributed by atoms with van der Waals surface area (Å²) in [5.74, 6) is -0.601. The Hall–Kier alpha value is -0.520. The van der Waals surface area contributed by atoms with Gasteiger partial charge in [0, 0.05) is 17.1 Å². The summed E-state index contributed by atoms with van der Waals surface area (Å²) >= 11 is 3.16. The van der Waals surface area contributed by atoms with E-state index in [0.29, 0.717) is 17.3 Å². The molecule has 1 rings (SSSR count). The number of aliphatic hydroxyl groups excluding tert-OH is 2. The topological polar surface area (TPSA) is 53.4 Å². The highest BCUT2D eigenvalue weighted by atomic mass is 79.9. The fourth-order valence-electron chi connectivity index (χ4n) is 1.05. The first-order chi connectivity index (χ1) is 6.65. The van der Waals surface area contributed by atoms with E-state index in [0.717, 1.165) is 6.07 Å². The Labute approximate surface area is 89.7 Å². The van der Waals surface area contributed by atoms with Crippen molar-refractivity contribution in [2.75, 3.05) is 5.33 Å². The van der Waals surface area contributed by atoms with E-state index < -0.39 is 18.2 Å². The molecule has 0 saturated carbocycles. The molecular weight excluding hydrogens is 253 g/mol. The second-order valence-corrected chi connectivity index (χ2v) is 3.70. The predicted molar refractivity (Wildman–Crippen MR) is 53.6 cm³/mol. The molecule has 0 aliphatic carbocycles. The molecule has 2 N–H and O–H groups in total. The average molecular weight is 264 g/mol. The lowest BCUT2D eigenvalue weighted by Crippen LogP contribution is -2.18. The van der Waals surface area contributed by atoms with Crippen LogP contribution < -0.4 is 0 Å². The molecule has 0 fully saturated rings. The van der Waals surface area contributed by atoms with Crippen LogP contribution >= 0.6 is 15.9 Å². The molecule has 78 valence electrons. The summed E-state index contributed by atoms with van der Waals surface area (Å²) in [4.78, 5) is 3.39. The number of alkyl halides is 1. The van der Waals surface area contributed by atoms with Gasteiger partial charge >= 0.3 is 0 Å². The first-order valence-electron chi connectivity index (χ1n) is 4.18. The molecule has 0 aliphatic heterocycles. The molecule has 0 aromatic carbocycles. The first kappa shape index (κ1) is 11.6. The highest BCUT2D eigenvalue weighted by molar-refractivity contribution is 9.09. The number of rotatable bonds is 4. The molecule has 2 unspecified atom stereocenters. The van der Waals surface area contributed by atoms with Gasteiger partial charge in [-0.05, 0) is 12.5 Å². The van der Waals surface area contributed by atoms with Crippen molar-refractivity contribution < 1.29 is 14.6 Å². The largest absolute Gasteiger partial charge is 0.390 e. The highest BCUT2D eigenvalue weighted by Crippen LogP contribution is 2.18. The Morgan fingerprint density at radius 1 is 1.43 bits per heavy atom. The van der Waals surface area contributed by atoms with Gasteiger partial charge in [-0.3, -0.25) is 0 Å². The summed E-state index contributed by atoms with van der Waals surface area (Å²) in [5.41, 5.74) is 0.417. The summed E-state index contributed by atoms with van der Waals surface area (Å²) in [6.07, 6.45) is -0.224. The first-order valence-corrected chi connectivity index (χ1v) is 5.31. The predicted octanol–water partition coefficient (Wildman–Crippen LogP) is 1.40. The van der Waals surface area contributed by atoms with Crippen molar-refractivity contribution in [2.45, 2.75) is 18.6 Å². The van der Waals surface area contributed by atoms with Crippen LogP contribution in [-0.4, -0.2) is 26.6 Å². The van der Waals surface area contributed by atoms with Crippen LogP contribution in [0.15, 0.2) is 18.3 Å². The van der Waals surface area contributed by atoms with Crippen molar-refractivity contribution >= 4 is 15.9 Å². The smallest absolute Gasteiger partial charge is 0.212 e. The molecule has 0 amide bonds. The SMILES string of the molecule is OC(CCBr)C(O)c1ccc(F)nc1. The van der Waals surface area contributed by atoms with E-state index in [4.69, 9.17) is 0 Å². The maximum atomic E-state index is 12.4. The maximum Gasteiger partial charge on any atom is 0.212 e. The third-order valence-electron chi connectivity index (χ3n) is 1.86.